The van der Waals surface area contributed by atoms with Crippen LogP contribution in [0.5, 0.6) is 0 Å². The molecule has 0 aromatic rings. The van der Waals surface area contributed by atoms with Crippen molar-refractivity contribution in [1.82, 2.24) is 0 Å². The Kier molecular flexibility index (Phi) is 3.47. The summed E-state index contributed by atoms with van der Waals surface area (Å²) in [5.41, 5.74) is 0.862. The third-order valence-electron chi connectivity index (χ3n) is 2.95. The van der Waals surface area contributed by atoms with Gasteiger partial charge >= 0.3 is 11.9 Å². The normalized spacial score (nSPS) is 30.1. The number of hydrogen-bond acceptors (Lipinski definition) is 2. The summed E-state index contributed by atoms with van der Waals surface area (Å²) in [5, 5.41) is 19.4. The first-order chi connectivity index (χ1) is 6.93. The number of aliphatic carboxylic acids is 2. The van der Waals surface area contributed by atoms with Crippen LogP contribution in [0.25, 0.3) is 0 Å². The van der Waals surface area contributed by atoms with Crippen LogP contribution in [0.4, 0.5) is 0 Å². The van der Waals surface area contributed by atoms with Gasteiger partial charge in [-0.1, -0.05) is 12.2 Å². The van der Waals surface area contributed by atoms with Crippen molar-refractivity contribution in [3.8, 4) is 0 Å². The zero-order valence-corrected chi connectivity index (χ0v) is 8.64. The van der Waals surface area contributed by atoms with Crippen molar-refractivity contribution < 1.29 is 25.1 Å². The lowest BCUT2D eigenvalue weighted by molar-refractivity contribution is -0.663. The molecule has 1 rings (SSSR count). The number of carboxylic acids is 2. The van der Waals surface area contributed by atoms with Gasteiger partial charge in [0.15, 0.2) is 6.04 Å². The third kappa shape index (κ3) is 2.56. The van der Waals surface area contributed by atoms with E-state index in [0.29, 0.717) is 6.54 Å². The van der Waals surface area contributed by atoms with Gasteiger partial charge in [0, 0.05) is 11.8 Å². The van der Waals surface area contributed by atoms with Gasteiger partial charge in [-0.2, -0.15) is 0 Å². The molecule has 1 fully saturated rings. The predicted molar refractivity (Wildman–Crippen MR) is 52.3 cm³/mol. The molecule has 0 unspecified atom stereocenters. The van der Waals surface area contributed by atoms with E-state index in [0.717, 1.165) is 5.57 Å². The van der Waals surface area contributed by atoms with E-state index in [4.69, 9.17) is 10.2 Å². The number of rotatable bonds is 4. The highest BCUT2D eigenvalue weighted by Crippen LogP contribution is 2.27. The Balaban J connectivity index is 2.82. The van der Waals surface area contributed by atoms with Crippen LogP contribution >= 0.6 is 0 Å². The number of nitrogens with two attached hydrogens (primary N) is 1. The van der Waals surface area contributed by atoms with Crippen LogP contribution in [-0.4, -0.2) is 34.7 Å². The van der Waals surface area contributed by atoms with Crippen LogP contribution in [0.1, 0.15) is 13.3 Å². The first-order valence-corrected chi connectivity index (χ1v) is 4.86. The zero-order valence-electron chi connectivity index (χ0n) is 8.64. The molecule has 0 bridgehead atoms. The van der Waals surface area contributed by atoms with Crippen molar-refractivity contribution in [1.29, 1.82) is 0 Å². The Hall–Kier alpha value is -1.36. The van der Waals surface area contributed by atoms with E-state index in [9.17, 15) is 9.59 Å². The van der Waals surface area contributed by atoms with E-state index in [1.54, 1.807) is 5.32 Å². The molecule has 1 heterocycles. The SMILES string of the molecule is C=C(C)[C@H]1C[NH2+][C@H](C(=O)O)[C@H]1CC(=O)O. The van der Waals surface area contributed by atoms with Crippen LogP contribution in [0.3, 0.4) is 0 Å². The zero-order chi connectivity index (χ0) is 11.6. The largest absolute Gasteiger partial charge is 0.481 e. The summed E-state index contributed by atoms with van der Waals surface area (Å²) in [4.78, 5) is 21.6. The first kappa shape index (κ1) is 11.7. The molecule has 84 valence electrons. The van der Waals surface area contributed by atoms with E-state index in [-0.39, 0.29) is 18.3 Å². The van der Waals surface area contributed by atoms with E-state index in [2.05, 4.69) is 6.58 Å². The van der Waals surface area contributed by atoms with Crippen molar-refractivity contribution in [2.75, 3.05) is 6.54 Å². The van der Waals surface area contributed by atoms with Gasteiger partial charge in [0.25, 0.3) is 0 Å². The van der Waals surface area contributed by atoms with Crippen molar-refractivity contribution in [2.24, 2.45) is 11.8 Å². The van der Waals surface area contributed by atoms with Gasteiger partial charge in [-0.15, -0.1) is 0 Å². The summed E-state index contributed by atoms with van der Waals surface area (Å²) in [7, 11) is 0. The lowest BCUT2D eigenvalue weighted by atomic mass is 9.84. The van der Waals surface area contributed by atoms with Gasteiger partial charge in [-0.05, 0) is 6.92 Å². The second-order valence-electron chi connectivity index (χ2n) is 4.05. The highest BCUT2D eigenvalue weighted by atomic mass is 16.4. The first-order valence-electron chi connectivity index (χ1n) is 4.86. The molecule has 1 aliphatic heterocycles. The van der Waals surface area contributed by atoms with Crippen LogP contribution in [0.15, 0.2) is 12.2 Å². The molecule has 0 spiro atoms. The molecule has 5 nitrogen and oxygen atoms in total. The van der Waals surface area contributed by atoms with Gasteiger partial charge in [0.2, 0.25) is 0 Å². The van der Waals surface area contributed by atoms with Gasteiger partial charge in [-0.25, -0.2) is 4.79 Å². The molecule has 1 aliphatic rings. The Morgan fingerprint density at radius 3 is 2.47 bits per heavy atom. The Labute approximate surface area is 87.8 Å². The maximum Gasteiger partial charge on any atom is 0.362 e. The second-order valence-corrected chi connectivity index (χ2v) is 4.05. The van der Waals surface area contributed by atoms with Crippen LogP contribution in [0.2, 0.25) is 0 Å². The average molecular weight is 214 g/mol. The minimum Gasteiger partial charge on any atom is -0.481 e. The Bertz CT molecular complexity index is 278. The molecule has 1 saturated heterocycles. The molecule has 0 amide bonds. The van der Waals surface area contributed by atoms with Crippen LogP contribution in [0, 0.1) is 11.8 Å². The van der Waals surface area contributed by atoms with Crippen LogP contribution < -0.4 is 5.32 Å². The summed E-state index contributed by atoms with van der Waals surface area (Å²) in [6, 6.07) is -0.650. The van der Waals surface area contributed by atoms with Gasteiger partial charge in [0.1, 0.15) is 0 Å². The predicted octanol–water partition coefficient (Wildman–Crippen LogP) is -0.700. The lowest BCUT2D eigenvalue weighted by Gasteiger charge is -2.16. The number of quaternary nitrogens is 1. The summed E-state index contributed by atoms with van der Waals surface area (Å²) in [6.07, 6.45) is -0.106. The highest BCUT2D eigenvalue weighted by Gasteiger charge is 2.45. The van der Waals surface area contributed by atoms with Gasteiger partial charge < -0.3 is 15.5 Å². The van der Waals surface area contributed by atoms with Gasteiger partial charge in [0.05, 0.1) is 13.0 Å². The standard InChI is InChI=1S/C10H15NO4/c1-5(2)7-4-11-9(10(14)15)6(7)3-8(12)13/h6-7,9,11H,1,3-4H2,2H3,(H,12,13)(H,14,15)/p+1/t6-,7+,9-/m0/s1. The molecule has 0 saturated carbocycles. The fourth-order valence-corrected chi connectivity index (χ4v) is 2.21. The minimum atomic E-state index is -0.951. The molecule has 0 radical (unpaired) electrons. The molecule has 5 heteroatoms. The number of carboxylic acid groups (broad SMARTS) is 2. The molecule has 15 heavy (non-hydrogen) atoms. The van der Waals surface area contributed by atoms with E-state index in [1.165, 1.54) is 0 Å². The molecular formula is C10H16NO4+. The van der Waals surface area contributed by atoms with Crippen molar-refractivity contribution in [2.45, 2.75) is 19.4 Å². The Morgan fingerprint density at radius 2 is 2.07 bits per heavy atom. The molecule has 0 aromatic carbocycles. The number of hydrogen-bond donors (Lipinski definition) is 3. The summed E-state index contributed by atoms with van der Waals surface area (Å²) < 4.78 is 0. The fraction of sp³-hybridized carbons (Fsp3) is 0.600. The third-order valence-corrected chi connectivity index (χ3v) is 2.95. The minimum absolute atomic E-state index is 0.0119. The van der Waals surface area contributed by atoms with E-state index in [1.807, 2.05) is 6.92 Å². The maximum atomic E-state index is 10.9. The van der Waals surface area contributed by atoms with Crippen molar-refractivity contribution >= 4 is 11.9 Å². The topological polar surface area (TPSA) is 91.2 Å². The van der Waals surface area contributed by atoms with E-state index < -0.39 is 18.0 Å². The van der Waals surface area contributed by atoms with E-state index >= 15 is 0 Å². The Morgan fingerprint density at radius 1 is 1.47 bits per heavy atom. The summed E-state index contributed by atoms with van der Waals surface area (Å²) >= 11 is 0. The monoisotopic (exact) mass is 214 g/mol. The summed E-state index contributed by atoms with van der Waals surface area (Å²) in [6.45, 7) is 6.21. The molecule has 0 aromatic heterocycles. The number of carbonyl (C=O) groups is 2. The highest BCUT2D eigenvalue weighted by molar-refractivity contribution is 5.74. The van der Waals surface area contributed by atoms with Crippen LogP contribution in [-0.2, 0) is 9.59 Å². The molecular weight excluding hydrogens is 198 g/mol. The lowest BCUT2D eigenvalue weighted by Crippen LogP contribution is -2.89. The quantitative estimate of drug-likeness (QED) is 0.540. The molecule has 3 atom stereocenters. The fourth-order valence-electron chi connectivity index (χ4n) is 2.21. The van der Waals surface area contributed by atoms with Gasteiger partial charge in [-0.3, -0.25) is 4.79 Å². The van der Waals surface area contributed by atoms with Crippen molar-refractivity contribution in [3.63, 3.8) is 0 Å². The summed E-state index contributed by atoms with van der Waals surface area (Å²) in [5.74, 6) is -2.25. The molecule has 4 N–H and O–H groups in total. The molecule has 0 aliphatic carbocycles. The van der Waals surface area contributed by atoms with Crippen molar-refractivity contribution in [3.05, 3.63) is 12.2 Å². The smallest absolute Gasteiger partial charge is 0.362 e. The average Bonchev–Trinajstić information content (AvgIpc) is 2.46. The second kappa shape index (κ2) is 4.44. The maximum absolute atomic E-state index is 10.9.